The molecule has 0 saturated heterocycles. The molecule has 1 saturated carbocycles. The molecule has 1 rings (SSSR count). The predicted molar refractivity (Wildman–Crippen MR) is 74.0 cm³/mol. The second kappa shape index (κ2) is 7.92. The number of hydrogen-bond acceptors (Lipinski definition) is 4. The van der Waals surface area contributed by atoms with E-state index in [-0.39, 0.29) is 6.61 Å². The Bertz CT molecular complexity index is 382. The van der Waals surface area contributed by atoms with Crippen LogP contribution in [0, 0.1) is 11.8 Å². The molecule has 0 radical (unpaired) electrons. The van der Waals surface area contributed by atoms with Crippen LogP contribution in [-0.4, -0.2) is 30.3 Å². The van der Waals surface area contributed by atoms with Crippen molar-refractivity contribution in [3.05, 3.63) is 11.3 Å². The number of carboxylic acid groups (broad SMARTS) is 1. The molecule has 2 unspecified atom stereocenters. The summed E-state index contributed by atoms with van der Waals surface area (Å²) in [6, 6.07) is 0. The van der Waals surface area contributed by atoms with Crippen molar-refractivity contribution < 1.29 is 24.2 Å². The fourth-order valence-electron chi connectivity index (χ4n) is 2.30. The van der Waals surface area contributed by atoms with Gasteiger partial charge >= 0.3 is 11.9 Å². The highest BCUT2D eigenvalue weighted by molar-refractivity contribution is 5.81. The van der Waals surface area contributed by atoms with Crippen LogP contribution in [0.2, 0.25) is 0 Å². The Morgan fingerprint density at radius 1 is 1.00 bits per heavy atom. The van der Waals surface area contributed by atoms with Crippen LogP contribution in [0.3, 0.4) is 0 Å². The zero-order valence-electron chi connectivity index (χ0n) is 12.5. The maximum atomic E-state index is 11.9. The second-order valence-corrected chi connectivity index (χ2v) is 5.41. The van der Waals surface area contributed by atoms with Gasteiger partial charge in [0.25, 0.3) is 0 Å². The van der Waals surface area contributed by atoms with Crippen molar-refractivity contribution in [2.75, 3.05) is 13.2 Å². The normalized spacial score (nSPS) is 21.9. The molecule has 2 atom stereocenters. The van der Waals surface area contributed by atoms with Crippen LogP contribution in [0.4, 0.5) is 0 Å². The number of carboxylic acids is 1. The van der Waals surface area contributed by atoms with Crippen LogP contribution in [0.15, 0.2) is 11.3 Å². The quantitative estimate of drug-likeness (QED) is 0.461. The fourth-order valence-corrected chi connectivity index (χ4v) is 2.30. The van der Waals surface area contributed by atoms with Gasteiger partial charge < -0.3 is 14.6 Å². The molecular weight excluding hydrogens is 260 g/mol. The summed E-state index contributed by atoms with van der Waals surface area (Å²) in [5.74, 6) is -1.59. The van der Waals surface area contributed by atoms with E-state index < -0.39 is 23.8 Å². The number of ether oxygens (including phenoxy) is 2. The van der Waals surface area contributed by atoms with Crippen LogP contribution in [0.1, 0.15) is 46.5 Å². The average Bonchev–Trinajstić information content (AvgIpc) is 2.42. The van der Waals surface area contributed by atoms with Gasteiger partial charge in [0.1, 0.15) is 13.2 Å². The minimum absolute atomic E-state index is 0.159. The summed E-state index contributed by atoms with van der Waals surface area (Å²) >= 11 is 0. The van der Waals surface area contributed by atoms with Crippen LogP contribution >= 0.6 is 0 Å². The van der Waals surface area contributed by atoms with Gasteiger partial charge in [-0.3, -0.25) is 9.59 Å². The largest absolute Gasteiger partial charge is 0.495 e. The first-order chi connectivity index (χ1) is 9.43. The molecular formula is C15H24O5. The first-order valence-electron chi connectivity index (χ1n) is 7.09. The maximum absolute atomic E-state index is 11.9. The van der Waals surface area contributed by atoms with Crippen molar-refractivity contribution >= 4 is 11.9 Å². The molecule has 0 spiro atoms. The van der Waals surface area contributed by atoms with Crippen LogP contribution in [-0.2, 0) is 19.1 Å². The minimum Gasteiger partial charge on any atom is -0.495 e. The molecule has 0 aromatic heterocycles. The molecule has 0 heterocycles. The lowest BCUT2D eigenvalue weighted by Crippen LogP contribution is -2.34. The summed E-state index contributed by atoms with van der Waals surface area (Å²) in [7, 11) is 0. The molecule has 0 amide bonds. The molecule has 0 bridgehead atoms. The SMILES string of the molecule is CC(C)=C(C)OCCOC(=O)C1CCCCC1C(=O)O. The second-order valence-electron chi connectivity index (χ2n) is 5.41. The molecule has 114 valence electrons. The van der Waals surface area contributed by atoms with E-state index in [2.05, 4.69) is 0 Å². The van der Waals surface area contributed by atoms with Gasteiger partial charge in [0.2, 0.25) is 0 Å². The molecule has 5 heteroatoms. The Kier molecular flexibility index (Phi) is 6.55. The van der Waals surface area contributed by atoms with Gasteiger partial charge in [0.15, 0.2) is 0 Å². The molecule has 5 nitrogen and oxygen atoms in total. The van der Waals surface area contributed by atoms with Crippen molar-refractivity contribution in [2.24, 2.45) is 11.8 Å². The number of carbonyl (C=O) groups excluding carboxylic acids is 1. The van der Waals surface area contributed by atoms with E-state index in [4.69, 9.17) is 14.6 Å². The smallest absolute Gasteiger partial charge is 0.309 e. The first-order valence-corrected chi connectivity index (χ1v) is 7.09. The zero-order chi connectivity index (χ0) is 15.1. The molecule has 0 aromatic carbocycles. The van der Waals surface area contributed by atoms with Crippen molar-refractivity contribution in [1.29, 1.82) is 0 Å². The van der Waals surface area contributed by atoms with E-state index in [9.17, 15) is 9.59 Å². The third-order valence-corrected chi connectivity index (χ3v) is 3.74. The van der Waals surface area contributed by atoms with Crippen LogP contribution in [0.5, 0.6) is 0 Å². The summed E-state index contributed by atoms with van der Waals surface area (Å²) in [5.41, 5.74) is 1.08. The highest BCUT2D eigenvalue weighted by atomic mass is 16.6. The summed E-state index contributed by atoms with van der Waals surface area (Å²) < 4.78 is 10.5. The summed E-state index contributed by atoms with van der Waals surface area (Å²) in [6.07, 6.45) is 2.91. The first kappa shape index (κ1) is 16.5. The molecule has 20 heavy (non-hydrogen) atoms. The summed E-state index contributed by atoms with van der Waals surface area (Å²) in [5, 5.41) is 9.12. The number of carbonyl (C=O) groups is 2. The molecule has 1 fully saturated rings. The van der Waals surface area contributed by atoms with E-state index in [0.717, 1.165) is 24.2 Å². The summed E-state index contributed by atoms with van der Waals surface area (Å²) in [6.45, 7) is 6.21. The van der Waals surface area contributed by atoms with E-state index in [1.165, 1.54) is 0 Å². The van der Waals surface area contributed by atoms with Gasteiger partial charge in [0.05, 0.1) is 17.6 Å². The maximum Gasteiger partial charge on any atom is 0.309 e. The fraction of sp³-hybridized carbons (Fsp3) is 0.733. The Hall–Kier alpha value is -1.52. The Labute approximate surface area is 119 Å². The van der Waals surface area contributed by atoms with E-state index >= 15 is 0 Å². The van der Waals surface area contributed by atoms with E-state index in [1.807, 2.05) is 20.8 Å². The third kappa shape index (κ3) is 4.87. The molecule has 0 aliphatic heterocycles. The number of hydrogen-bond donors (Lipinski definition) is 1. The average molecular weight is 284 g/mol. The van der Waals surface area contributed by atoms with Crippen molar-refractivity contribution in [3.8, 4) is 0 Å². The number of esters is 1. The minimum atomic E-state index is -0.900. The lowest BCUT2D eigenvalue weighted by molar-refractivity contribution is -0.160. The number of aliphatic carboxylic acids is 1. The van der Waals surface area contributed by atoms with E-state index in [1.54, 1.807) is 0 Å². The molecule has 1 aliphatic carbocycles. The van der Waals surface area contributed by atoms with Crippen molar-refractivity contribution in [2.45, 2.75) is 46.5 Å². The van der Waals surface area contributed by atoms with Crippen LogP contribution < -0.4 is 0 Å². The topological polar surface area (TPSA) is 72.8 Å². The zero-order valence-corrected chi connectivity index (χ0v) is 12.5. The Morgan fingerprint density at radius 2 is 1.55 bits per heavy atom. The van der Waals surface area contributed by atoms with Gasteiger partial charge in [0, 0.05) is 0 Å². The van der Waals surface area contributed by atoms with Crippen molar-refractivity contribution in [3.63, 3.8) is 0 Å². The van der Waals surface area contributed by atoms with Gasteiger partial charge in [-0.15, -0.1) is 0 Å². The highest BCUT2D eigenvalue weighted by Gasteiger charge is 2.36. The molecule has 1 N–H and O–H groups in total. The van der Waals surface area contributed by atoms with Gasteiger partial charge in [-0.05, 0) is 39.2 Å². The number of rotatable bonds is 6. The number of allylic oxidation sites excluding steroid dienone is 2. The highest BCUT2D eigenvalue weighted by Crippen LogP contribution is 2.31. The van der Waals surface area contributed by atoms with Gasteiger partial charge in [-0.2, -0.15) is 0 Å². The molecule has 0 aromatic rings. The van der Waals surface area contributed by atoms with Crippen LogP contribution in [0.25, 0.3) is 0 Å². The van der Waals surface area contributed by atoms with Gasteiger partial charge in [-0.1, -0.05) is 12.8 Å². The van der Waals surface area contributed by atoms with Gasteiger partial charge in [-0.25, -0.2) is 0 Å². The van der Waals surface area contributed by atoms with Crippen molar-refractivity contribution in [1.82, 2.24) is 0 Å². The van der Waals surface area contributed by atoms with E-state index in [0.29, 0.717) is 19.4 Å². The lowest BCUT2D eigenvalue weighted by Gasteiger charge is -2.26. The molecule has 1 aliphatic rings. The third-order valence-electron chi connectivity index (χ3n) is 3.74. The monoisotopic (exact) mass is 284 g/mol. The standard InChI is InChI=1S/C15H24O5/c1-10(2)11(3)19-8-9-20-15(18)13-7-5-4-6-12(13)14(16)17/h12-13H,4-9H2,1-3H3,(H,16,17). The summed E-state index contributed by atoms with van der Waals surface area (Å²) in [4.78, 5) is 23.1. The Balaban J connectivity index is 2.38. The predicted octanol–water partition coefficient (Wildman–Crippen LogP) is 2.75. The lowest BCUT2D eigenvalue weighted by atomic mass is 9.79. The Morgan fingerprint density at radius 3 is 2.10 bits per heavy atom.